The van der Waals surface area contributed by atoms with E-state index >= 15 is 0 Å². The van der Waals surface area contributed by atoms with Gasteiger partial charge in [0.2, 0.25) is 0 Å². The van der Waals surface area contributed by atoms with Crippen molar-refractivity contribution >= 4 is 0 Å². The number of nitrogens with zero attached hydrogens (tertiary/aromatic N) is 1. The zero-order valence-corrected chi connectivity index (χ0v) is 11.2. The fraction of sp³-hybridized carbons (Fsp3) is 0.667. The molecular formula is C15H24N2O. The Labute approximate surface area is 110 Å². The highest BCUT2D eigenvalue weighted by Gasteiger charge is 2.23. The van der Waals surface area contributed by atoms with Crippen LogP contribution in [0.2, 0.25) is 0 Å². The first-order valence-corrected chi connectivity index (χ1v) is 7.03. The molecule has 3 heteroatoms. The summed E-state index contributed by atoms with van der Waals surface area (Å²) in [4.78, 5) is 4.48. The van der Waals surface area contributed by atoms with Crippen molar-refractivity contribution in [3.63, 3.8) is 0 Å². The standard InChI is InChI=1S/C15H24N2O/c1-12-5-4-8-15(17-12)10-16-9-13-6-2-3-7-14(13)11-18/h4-5,8,13-14,16,18H,2-3,6-7,9-11H2,1H3. The van der Waals surface area contributed by atoms with Crippen LogP contribution in [0.25, 0.3) is 0 Å². The van der Waals surface area contributed by atoms with E-state index in [1.807, 2.05) is 13.0 Å². The Morgan fingerprint density at radius 3 is 2.78 bits per heavy atom. The van der Waals surface area contributed by atoms with E-state index in [0.29, 0.717) is 18.4 Å². The molecule has 0 aromatic carbocycles. The highest BCUT2D eigenvalue weighted by Crippen LogP contribution is 2.29. The number of aryl methyl sites for hydroxylation is 1. The summed E-state index contributed by atoms with van der Waals surface area (Å²) < 4.78 is 0. The molecule has 0 radical (unpaired) electrons. The summed E-state index contributed by atoms with van der Waals surface area (Å²) in [7, 11) is 0. The Kier molecular flexibility index (Phi) is 5.14. The van der Waals surface area contributed by atoms with Crippen LogP contribution in [-0.2, 0) is 6.54 Å². The van der Waals surface area contributed by atoms with Crippen LogP contribution >= 0.6 is 0 Å². The molecule has 1 aromatic heterocycles. The molecule has 2 rings (SSSR count). The SMILES string of the molecule is Cc1cccc(CNCC2CCCCC2CO)n1. The van der Waals surface area contributed by atoms with Gasteiger partial charge in [-0.1, -0.05) is 18.9 Å². The molecule has 1 aromatic rings. The minimum atomic E-state index is 0.342. The monoisotopic (exact) mass is 248 g/mol. The molecule has 1 aliphatic rings. The molecule has 0 bridgehead atoms. The number of hydrogen-bond acceptors (Lipinski definition) is 3. The van der Waals surface area contributed by atoms with Gasteiger partial charge in [0.15, 0.2) is 0 Å². The molecule has 1 saturated carbocycles. The lowest BCUT2D eigenvalue weighted by molar-refractivity contribution is 0.133. The molecule has 0 spiro atoms. The number of aliphatic hydroxyl groups is 1. The molecule has 2 N–H and O–H groups in total. The van der Waals surface area contributed by atoms with Crippen LogP contribution in [0.1, 0.15) is 37.1 Å². The molecule has 2 unspecified atom stereocenters. The third-order valence-electron chi connectivity index (χ3n) is 3.96. The van der Waals surface area contributed by atoms with Crippen LogP contribution in [0, 0.1) is 18.8 Å². The van der Waals surface area contributed by atoms with Gasteiger partial charge < -0.3 is 10.4 Å². The quantitative estimate of drug-likeness (QED) is 0.840. The Bertz CT molecular complexity index is 367. The first kappa shape index (κ1) is 13.5. The minimum absolute atomic E-state index is 0.342. The second-order valence-corrected chi connectivity index (χ2v) is 5.39. The highest BCUT2D eigenvalue weighted by atomic mass is 16.3. The molecule has 2 atom stereocenters. The van der Waals surface area contributed by atoms with Gasteiger partial charge in [-0.2, -0.15) is 0 Å². The van der Waals surface area contributed by atoms with Crippen molar-refractivity contribution in [1.29, 1.82) is 0 Å². The number of hydrogen-bond donors (Lipinski definition) is 2. The molecule has 18 heavy (non-hydrogen) atoms. The average molecular weight is 248 g/mol. The van der Waals surface area contributed by atoms with E-state index < -0.39 is 0 Å². The minimum Gasteiger partial charge on any atom is -0.396 e. The van der Waals surface area contributed by atoms with Crippen molar-refractivity contribution in [2.75, 3.05) is 13.2 Å². The van der Waals surface area contributed by atoms with Crippen molar-refractivity contribution in [1.82, 2.24) is 10.3 Å². The van der Waals surface area contributed by atoms with E-state index in [4.69, 9.17) is 0 Å². The van der Waals surface area contributed by atoms with Gasteiger partial charge in [-0.25, -0.2) is 0 Å². The summed E-state index contributed by atoms with van der Waals surface area (Å²) in [6, 6.07) is 6.13. The second kappa shape index (κ2) is 6.86. The zero-order valence-electron chi connectivity index (χ0n) is 11.2. The largest absolute Gasteiger partial charge is 0.396 e. The van der Waals surface area contributed by atoms with E-state index in [0.717, 1.165) is 24.5 Å². The lowest BCUT2D eigenvalue weighted by atomic mass is 9.79. The smallest absolute Gasteiger partial charge is 0.0544 e. The fourth-order valence-electron chi connectivity index (χ4n) is 2.88. The highest BCUT2D eigenvalue weighted by molar-refractivity contribution is 5.09. The van der Waals surface area contributed by atoms with E-state index in [1.165, 1.54) is 25.7 Å². The molecule has 1 fully saturated rings. The molecular weight excluding hydrogens is 224 g/mol. The van der Waals surface area contributed by atoms with Crippen molar-refractivity contribution in [2.45, 2.75) is 39.2 Å². The van der Waals surface area contributed by atoms with Gasteiger partial charge in [-0.15, -0.1) is 0 Å². The third kappa shape index (κ3) is 3.79. The average Bonchev–Trinajstić information content (AvgIpc) is 2.39. The molecule has 3 nitrogen and oxygen atoms in total. The molecule has 100 valence electrons. The number of pyridine rings is 1. The van der Waals surface area contributed by atoms with E-state index in [1.54, 1.807) is 0 Å². The van der Waals surface area contributed by atoms with Gasteiger partial charge >= 0.3 is 0 Å². The lowest BCUT2D eigenvalue weighted by Gasteiger charge is -2.30. The van der Waals surface area contributed by atoms with Gasteiger partial charge in [-0.05, 0) is 50.3 Å². The molecule has 1 aliphatic carbocycles. The molecule has 0 saturated heterocycles. The summed E-state index contributed by atoms with van der Waals surface area (Å²) in [5.41, 5.74) is 2.17. The van der Waals surface area contributed by atoms with Gasteiger partial charge in [0.05, 0.1) is 5.69 Å². The summed E-state index contributed by atoms with van der Waals surface area (Å²) >= 11 is 0. The van der Waals surface area contributed by atoms with Crippen molar-refractivity contribution < 1.29 is 5.11 Å². The number of aliphatic hydroxyl groups excluding tert-OH is 1. The Balaban J connectivity index is 1.77. The number of aromatic nitrogens is 1. The maximum atomic E-state index is 9.37. The van der Waals surface area contributed by atoms with Crippen LogP contribution in [-0.4, -0.2) is 23.2 Å². The van der Waals surface area contributed by atoms with Crippen LogP contribution in [0.5, 0.6) is 0 Å². The summed E-state index contributed by atoms with van der Waals surface area (Å²) in [6.45, 7) is 4.19. The first-order chi connectivity index (χ1) is 8.79. The van der Waals surface area contributed by atoms with Crippen LogP contribution in [0.3, 0.4) is 0 Å². The summed E-state index contributed by atoms with van der Waals surface area (Å²) in [5.74, 6) is 1.13. The Morgan fingerprint density at radius 1 is 1.28 bits per heavy atom. The van der Waals surface area contributed by atoms with E-state index in [2.05, 4.69) is 22.4 Å². The topological polar surface area (TPSA) is 45.1 Å². The number of nitrogens with one attached hydrogen (secondary N) is 1. The maximum absolute atomic E-state index is 9.37. The number of rotatable bonds is 5. The summed E-state index contributed by atoms with van der Waals surface area (Å²) in [5, 5.41) is 12.9. The Morgan fingerprint density at radius 2 is 2.06 bits per heavy atom. The van der Waals surface area contributed by atoms with Crippen molar-refractivity contribution in [3.8, 4) is 0 Å². The predicted molar refractivity (Wildman–Crippen MR) is 73.2 cm³/mol. The van der Waals surface area contributed by atoms with Gasteiger partial charge in [0.1, 0.15) is 0 Å². The lowest BCUT2D eigenvalue weighted by Crippen LogP contribution is -2.32. The van der Waals surface area contributed by atoms with Crippen LogP contribution < -0.4 is 5.32 Å². The third-order valence-corrected chi connectivity index (χ3v) is 3.96. The second-order valence-electron chi connectivity index (χ2n) is 5.39. The van der Waals surface area contributed by atoms with Gasteiger partial charge in [-0.3, -0.25) is 4.98 Å². The normalized spacial score (nSPS) is 24.1. The predicted octanol–water partition coefficient (Wildman–Crippen LogP) is 2.28. The molecule has 0 aliphatic heterocycles. The molecule has 1 heterocycles. The van der Waals surface area contributed by atoms with Crippen LogP contribution in [0.4, 0.5) is 0 Å². The van der Waals surface area contributed by atoms with Gasteiger partial charge in [0.25, 0.3) is 0 Å². The fourth-order valence-corrected chi connectivity index (χ4v) is 2.88. The summed E-state index contributed by atoms with van der Waals surface area (Å²) in [6.07, 6.45) is 5.03. The van der Waals surface area contributed by atoms with Crippen molar-refractivity contribution in [3.05, 3.63) is 29.6 Å². The van der Waals surface area contributed by atoms with Crippen molar-refractivity contribution in [2.24, 2.45) is 11.8 Å². The maximum Gasteiger partial charge on any atom is 0.0544 e. The zero-order chi connectivity index (χ0) is 12.8. The van der Waals surface area contributed by atoms with Crippen LogP contribution in [0.15, 0.2) is 18.2 Å². The Hall–Kier alpha value is -0.930. The van der Waals surface area contributed by atoms with E-state index in [9.17, 15) is 5.11 Å². The van der Waals surface area contributed by atoms with E-state index in [-0.39, 0.29) is 0 Å². The molecule has 0 amide bonds. The first-order valence-electron chi connectivity index (χ1n) is 7.03. The van der Waals surface area contributed by atoms with Gasteiger partial charge in [0, 0.05) is 18.8 Å².